The van der Waals surface area contributed by atoms with Crippen molar-refractivity contribution in [1.29, 1.82) is 0 Å². The first-order valence-electron chi connectivity index (χ1n) is 10.9. The van der Waals surface area contributed by atoms with Gasteiger partial charge in [-0.05, 0) is 62.7 Å². The summed E-state index contributed by atoms with van der Waals surface area (Å²) >= 11 is 5.91. The van der Waals surface area contributed by atoms with Crippen molar-refractivity contribution >= 4 is 39.3 Å². The van der Waals surface area contributed by atoms with Crippen LogP contribution in [0, 0.1) is 13.8 Å². The van der Waals surface area contributed by atoms with Crippen molar-refractivity contribution < 1.29 is 4.42 Å². The summed E-state index contributed by atoms with van der Waals surface area (Å²) in [5.74, 6) is 0.481. The number of imidazole rings is 1. The van der Waals surface area contributed by atoms with Gasteiger partial charge in [-0.25, -0.2) is 9.78 Å². The lowest BCUT2D eigenvalue weighted by Crippen LogP contribution is -2.12. The Morgan fingerprint density at radius 3 is 2.65 bits per heavy atom. The van der Waals surface area contributed by atoms with Crippen molar-refractivity contribution in [3.63, 3.8) is 0 Å². The average Bonchev–Trinajstić information content (AvgIpc) is 3.10. The van der Waals surface area contributed by atoms with E-state index in [1.165, 1.54) is 0 Å². The number of aromatic amines is 1. The second-order valence-corrected chi connectivity index (χ2v) is 8.96. The van der Waals surface area contributed by atoms with E-state index in [1.54, 1.807) is 30.8 Å². The number of aromatic nitrogens is 3. The highest BCUT2D eigenvalue weighted by Gasteiger charge is 2.19. The van der Waals surface area contributed by atoms with Gasteiger partial charge in [0, 0.05) is 23.7 Å². The van der Waals surface area contributed by atoms with Gasteiger partial charge in [0.1, 0.15) is 16.5 Å². The van der Waals surface area contributed by atoms with Gasteiger partial charge in [0.15, 0.2) is 5.43 Å². The molecule has 3 heterocycles. The maximum Gasteiger partial charge on any atom is 0.326 e. The largest absolute Gasteiger partial charge is 0.455 e. The van der Waals surface area contributed by atoms with E-state index in [9.17, 15) is 9.59 Å². The van der Waals surface area contributed by atoms with Crippen molar-refractivity contribution in [3.05, 3.63) is 91.2 Å². The minimum atomic E-state index is -0.196. The molecule has 5 rings (SSSR count). The molecule has 3 aromatic heterocycles. The lowest BCUT2D eigenvalue weighted by Gasteiger charge is -2.18. The molecule has 0 saturated heterocycles. The number of anilines is 1. The summed E-state index contributed by atoms with van der Waals surface area (Å²) in [4.78, 5) is 32.4. The van der Waals surface area contributed by atoms with Crippen LogP contribution in [-0.4, -0.2) is 14.5 Å². The Morgan fingerprint density at radius 1 is 1.12 bits per heavy atom. The Kier molecular flexibility index (Phi) is 5.29. The van der Waals surface area contributed by atoms with Crippen LogP contribution in [0.25, 0.3) is 33.3 Å². The van der Waals surface area contributed by atoms with Crippen LogP contribution < -0.4 is 16.4 Å². The highest BCUT2D eigenvalue weighted by Crippen LogP contribution is 2.33. The number of rotatable bonds is 4. The van der Waals surface area contributed by atoms with Crippen LogP contribution in [0.1, 0.15) is 29.7 Å². The number of pyridine rings is 1. The van der Waals surface area contributed by atoms with Gasteiger partial charge < -0.3 is 14.7 Å². The number of H-pyrrole nitrogens is 1. The molecule has 0 amide bonds. The molecule has 5 aromatic rings. The third-order valence-electron chi connectivity index (χ3n) is 6.14. The van der Waals surface area contributed by atoms with E-state index < -0.39 is 0 Å². The van der Waals surface area contributed by atoms with Crippen molar-refractivity contribution in [1.82, 2.24) is 14.5 Å². The Bertz CT molecular complexity index is 1680. The number of fused-ring (bicyclic) bond motifs is 2. The molecule has 1 unspecified atom stereocenters. The van der Waals surface area contributed by atoms with Crippen LogP contribution in [0.3, 0.4) is 0 Å². The number of halogens is 1. The van der Waals surface area contributed by atoms with Gasteiger partial charge in [-0.2, -0.15) is 0 Å². The topological polar surface area (TPSA) is 92.9 Å². The molecule has 2 aromatic carbocycles. The van der Waals surface area contributed by atoms with Crippen LogP contribution in [0.4, 0.5) is 5.69 Å². The molecule has 0 aliphatic carbocycles. The molecule has 7 nitrogen and oxygen atoms in total. The highest BCUT2D eigenvalue weighted by atomic mass is 35.5. The second-order valence-electron chi connectivity index (χ2n) is 8.57. The molecule has 0 aliphatic heterocycles. The number of nitrogens with one attached hydrogen (secondary N) is 2. The Balaban J connectivity index is 1.68. The summed E-state index contributed by atoms with van der Waals surface area (Å²) in [5, 5.41) is 4.36. The second kappa shape index (κ2) is 8.18. The van der Waals surface area contributed by atoms with Crippen molar-refractivity contribution in [3.8, 4) is 11.3 Å². The lowest BCUT2D eigenvalue weighted by atomic mass is 9.98. The lowest BCUT2D eigenvalue weighted by molar-refractivity contribution is 0.605. The summed E-state index contributed by atoms with van der Waals surface area (Å²) in [6, 6.07) is 12.8. The molecule has 2 N–H and O–H groups in total. The van der Waals surface area contributed by atoms with E-state index >= 15 is 0 Å². The zero-order chi connectivity index (χ0) is 24.1. The monoisotopic (exact) mass is 474 g/mol. The standard InChI is InChI=1S/C26H23ClN4O3/c1-13-9-18(15(3)29-17-6-8-22(27)28-12-17)25-19(10-13)23(32)14(2)24(34-25)16-5-7-21-20(11-16)30-26(33)31(21)4/h5-12,15,29H,1-4H3,(H,30,33). The van der Waals surface area contributed by atoms with Gasteiger partial charge in [0.25, 0.3) is 0 Å². The van der Waals surface area contributed by atoms with Crippen LogP contribution >= 0.6 is 11.6 Å². The van der Waals surface area contributed by atoms with E-state index in [0.29, 0.717) is 33.0 Å². The molecule has 34 heavy (non-hydrogen) atoms. The third-order valence-corrected chi connectivity index (χ3v) is 6.36. The molecule has 0 aliphatic rings. The first-order chi connectivity index (χ1) is 16.2. The number of benzene rings is 2. The molecule has 172 valence electrons. The summed E-state index contributed by atoms with van der Waals surface area (Å²) in [6.07, 6.45) is 1.67. The summed E-state index contributed by atoms with van der Waals surface area (Å²) in [6.45, 7) is 5.73. The minimum absolute atomic E-state index is 0.0804. The summed E-state index contributed by atoms with van der Waals surface area (Å²) < 4.78 is 7.98. The zero-order valence-electron chi connectivity index (χ0n) is 19.2. The predicted octanol–water partition coefficient (Wildman–Crippen LogP) is 5.48. The van der Waals surface area contributed by atoms with E-state index in [4.69, 9.17) is 16.0 Å². The first kappa shape index (κ1) is 22.0. The summed E-state index contributed by atoms with van der Waals surface area (Å²) in [7, 11) is 1.71. The van der Waals surface area contributed by atoms with Gasteiger partial charge in [0.2, 0.25) is 0 Å². The highest BCUT2D eigenvalue weighted by molar-refractivity contribution is 6.29. The Hall–Kier alpha value is -3.84. The van der Waals surface area contributed by atoms with Crippen LogP contribution in [0.5, 0.6) is 0 Å². The maximum absolute atomic E-state index is 13.4. The Morgan fingerprint density at radius 2 is 1.91 bits per heavy atom. The van der Waals surface area contributed by atoms with E-state index in [-0.39, 0.29) is 17.2 Å². The van der Waals surface area contributed by atoms with Crippen molar-refractivity contribution in [2.24, 2.45) is 7.05 Å². The van der Waals surface area contributed by atoms with Crippen molar-refractivity contribution in [2.75, 3.05) is 5.32 Å². The van der Waals surface area contributed by atoms with Crippen molar-refractivity contribution in [2.45, 2.75) is 26.8 Å². The SMILES string of the molecule is Cc1cc(C(C)Nc2ccc(Cl)nc2)c2oc(-c3ccc4c(c3)[nH]c(=O)n4C)c(C)c(=O)c2c1. The fourth-order valence-corrected chi connectivity index (χ4v) is 4.44. The molecule has 0 spiro atoms. The molecule has 0 bridgehead atoms. The van der Waals surface area contributed by atoms with Crippen LogP contribution in [0.15, 0.2) is 62.7 Å². The molecular weight excluding hydrogens is 452 g/mol. The molecule has 1 atom stereocenters. The zero-order valence-corrected chi connectivity index (χ0v) is 19.9. The van der Waals surface area contributed by atoms with E-state index in [0.717, 1.165) is 27.9 Å². The molecule has 8 heteroatoms. The number of hydrogen-bond acceptors (Lipinski definition) is 5. The quantitative estimate of drug-likeness (QED) is 0.336. The van der Waals surface area contributed by atoms with Gasteiger partial charge in [0.05, 0.1) is 34.3 Å². The maximum atomic E-state index is 13.4. The average molecular weight is 475 g/mol. The first-order valence-corrected chi connectivity index (χ1v) is 11.3. The number of nitrogens with zero attached hydrogens (tertiary/aromatic N) is 2. The van der Waals surface area contributed by atoms with Crippen LogP contribution in [0.2, 0.25) is 5.15 Å². The molecule has 0 fully saturated rings. The molecular formula is C26H23ClN4O3. The van der Waals surface area contributed by atoms with Gasteiger partial charge in [-0.15, -0.1) is 0 Å². The van der Waals surface area contributed by atoms with Gasteiger partial charge >= 0.3 is 5.69 Å². The number of hydrogen-bond donors (Lipinski definition) is 2. The molecule has 0 radical (unpaired) electrons. The fraction of sp³-hybridized carbons (Fsp3) is 0.192. The van der Waals surface area contributed by atoms with Gasteiger partial charge in [-0.3, -0.25) is 9.36 Å². The normalized spacial score (nSPS) is 12.4. The van der Waals surface area contributed by atoms with E-state index in [1.807, 2.05) is 50.2 Å². The number of aryl methyl sites for hydroxylation is 2. The third kappa shape index (κ3) is 3.68. The van der Waals surface area contributed by atoms with Gasteiger partial charge in [-0.1, -0.05) is 17.7 Å². The predicted molar refractivity (Wildman–Crippen MR) is 136 cm³/mol. The fourth-order valence-electron chi connectivity index (χ4n) is 4.33. The Labute approximate surface area is 200 Å². The smallest absolute Gasteiger partial charge is 0.326 e. The molecule has 0 saturated carbocycles. The minimum Gasteiger partial charge on any atom is -0.455 e. The van der Waals surface area contributed by atoms with Crippen LogP contribution in [-0.2, 0) is 7.05 Å². The van der Waals surface area contributed by atoms with E-state index in [2.05, 4.69) is 15.3 Å². The summed E-state index contributed by atoms with van der Waals surface area (Å²) in [5.41, 5.74) is 5.58.